The van der Waals surface area contributed by atoms with Gasteiger partial charge in [-0.25, -0.2) is 0 Å². The highest BCUT2D eigenvalue weighted by molar-refractivity contribution is 5.31. The van der Waals surface area contributed by atoms with E-state index in [2.05, 4.69) is 20.0 Å². The van der Waals surface area contributed by atoms with Crippen molar-refractivity contribution < 1.29 is 9.47 Å². The number of anilines is 1. The second kappa shape index (κ2) is 7.72. The zero-order chi connectivity index (χ0) is 15.2. The lowest BCUT2D eigenvalue weighted by Gasteiger charge is -2.36. The molecule has 2 heterocycles. The molecule has 21 heavy (non-hydrogen) atoms. The average Bonchev–Trinajstić information content (AvgIpc) is 2.81. The molecule has 7 heteroatoms. The Labute approximate surface area is 126 Å². The van der Waals surface area contributed by atoms with Crippen molar-refractivity contribution >= 4 is 5.95 Å². The number of hydrogen-bond acceptors (Lipinski definition) is 6. The number of hydrogen-bond donors (Lipinski definition) is 0. The van der Waals surface area contributed by atoms with Crippen LogP contribution >= 0.6 is 0 Å². The van der Waals surface area contributed by atoms with Crippen LogP contribution in [0.15, 0.2) is 0 Å². The second-order valence-electron chi connectivity index (χ2n) is 5.23. The summed E-state index contributed by atoms with van der Waals surface area (Å²) in [5.41, 5.74) is 0. The Hall–Kier alpha value is -1.18. The van der Waals surface area contributed by atoms with Crippen molar-refractivity contribution in [1.29, 1.82) is 0 Å². The average molecular weight is 297 g/mol. The first kappa shape index (κ1) is 16.2. The fraction of sp³-hybridized carbons (Fsp3) is 0.857. The predicted molar refractivity (Wildman–Crippen MR) is 81.4 cm³/mol. The number of aryl methyl sites for hydroxylation is 1. The first-order valence-corrected chi connectivity index (χ1v) is 7.72. The van der Waals surface area contributed by atoms with Crippen LogP contribution in [0.4, 0.5) is 5.95 Å². The van der Waals surface area contributed by atoms with E-state index >= 15 is 0 Å². The fourth-order valence-electron chi connectivity index (χ4n) is 2.54. The summed E-state index contributed by atoms with van der Waals surface area (Å²) in [5.74, 6) is 1.90. The topological polar surface area (TPSA) is 55.7 Å². The monoisotopic (exact) mass is 297 g/mol. The summed E-state index contributed by atoms with van der Waals surface area (Å²) in [6.45, 7) is 12.1. The Bertz CT molecular complexity index is 423. The van der Waals surface area contributed by atoms with Crippen LogP contribution in [0.3, 0.4) is 0 Å². The van der Waals surface area contributed by atoms with E-state index in [0.717, 1.165) is 44.5 Å². The van der Waals surface area contributed by atoms with Gasteiger partial charge in [0.15, 0.2) is 6.29 Å². The SMILES string of the molecule is CCOC(CN1CCN(c2nnc(C)n2C)CC1)OCC. The molecular weight excluding hydrogens is 270 g/mol. The van der Waals surface area contributed by atoms with Gasteiger partial charge in [-0.1, -0.05) is 0 Å². The molecule has 0 aromatic carbocycles. The van der Waals surface area contributed by atoms with Crippen LogP contribution in [-0.4, -0.2) is 71.9 Å². The van der Waals surface area contributed by atoms with Crippen LogP contribution in [0, 0.1) is 6.92 Å². The number of nitrogens with zero attached hydrogens (tertiary/aromatic N) is 5. The van der Waals surface area contributed by atoms with Gasteiger partial charge in [0.25, 0.3) is 0 Å². The van der Waals surface area contributed by atoms with Crippen LogP contribution in [-0.2, 0) is 16.5 Å². The van der Waals surface area contributed by atoms with Crippen molar-refractivity contribution in [2.24, 2.45) is 7.05 Å². The summed E-state index contributed by atoms with van der Waals surface area (Å²) in [7, 11) is 2.01. The second-order valence-corrected chi connectivity index (χ2v) is 5.23. The van der Waals surface area contributed by atoms with E-state index in [4.69, 9.17) is 9.47 Å². The van der Waals surface area contributed by atoms with Crippen molar-refractivity contribution in [2.75, 3.05) is 50.8 Å². The Morgan fingerprint density at radius 2 is 1.67 bits per heavy atom. The predicted octanol–water partition coefficient (Wildman–Crippen LogP) is 0.645. The quantitative estimate of drug-likeness (QED) is 0.689. The summed E-state index contributed by atoms with van der Waals surface area (Å²) in [6.07, 6.45) is -0.122. The number of piperazine rings is 1. The highest BCUT2D eigenvalue weighted by Crippen LogP contribution is 2.14. The van der Waals surface area contributed by atoms with Crippen LogP contribution in [0.1, 0.15) is 19.7 Å². The number of rotatable bonds is 7. The van der Waals surface area contributed by atoms with Gasteiger partial charge >= 0.3 is 0 Å². The lowest BCUT2D eigenvalue weighted by atomic mass is 10.3. The first-order chi connectivity index (χ1) is 10.2. The molecule has 0 saturated carbocycles. The highest BCUT2D eigenvalue weighted by Gasteiger charge is 2.23. The largest absolute Gasteiger partial charge is 0.352 e. The van der Waals surface area contributed by atoms with Crippen molar-refractivity contribution in [3.05, 3.63) is 5.82 Å². The summed E-state index contributed by atoms with van der Waals surface area (Å²) < 4.78 is 13.3. The Morgan fingerprint density at radius 1 is 1.05 bits per heavy atom. The number of ether oxygens (including phenoxy) is 2. The summed E-state index contributed by atoms with van der Waals surface area (Å²) in [4.78, 5) is 4.67. The van der Waals surface area contributed by atoms with Gasteiger partial charge in [-0.05, 0) is 20.8 Å². The van der Waals surface area contributed by atoms with Crippen LogP contribution in [0.2, 0.25) is 0 Å². The molecule has 1 aromatic heterocycles. The van der Waals surface area contributed by atoms with Gasteiger partial charge in [0.05, 0.1) is 0 Å². The zero-order valence-corrected chi connectivity index (χ0v) is 13.6. The molecule has 0 aliphatic carbocycles. The van der Waals surface area contributed by atoms with Crippen molar-refractivity contribution in [2.45, 2.75) is 27.1 Å². The molecule has 1 saturated heterocycles. The molecule has 7 nitrogen and oxygen atoms in total. The minimum atomic E-state index is -0.122. The third-order valence-electron chi connectivity index (χ3n) is 3.84. The third-order valence-corrected chi connectivity index (χ3v) is 3.84. The van der Waals surface area contributed by atoms with E-state index in [0.29, 0.717) is 13.2 Å². The Balaban J connectivity index is 1.84. The Morgan fingerprint density at radius 3 is 2.14 bits per heavy atom. The molecule has 0 spiro atoms. The van der Waals surface area contributed by atoms with E-state index < -0.39 is 0 Å². The first-order valence-electron chi connectivity index (χ1n) is 7.72. The van der Waals surface area contributed by atoms with Gasteiger partial charge in [0.1, 0.15) is 5.82 Å². The highest BCUT2D eigenvalue weighted by atomic mass is 16.7. The van der Waals surface area contributed by atoms with E-state index in [-0.39, 0.29) is 6.29 Å². The van der Waals surface area contributed by atoms with E-state index in [9.17, 15) is 0 Å². The van der Waals surface area contributed by atoms with Gasteiger partial charge in [0.2, 0.25) is 5.95 Å². The molecule has 1 aliphatic rings. The lowest BCUT2D eigenvalue weighted by Crippen LogP contribution is -2.50. The zero-order valence-electron chi connectivity index (χ0n) is 13.6. The molecule has 0 unspecified atom stereocenters. The van der Waals surface area contributed by atoms with Gasteiger partial charge in [-0.3, -0.25) is 4.90 Å². The lowest BCUT2D eigenvalue weighted by molar-refractivity contribution is -0.147. The van der Waals surface area contributed by atoms with Gasteiger partial charge in [-0.2, -0.15) is 0 Å². The molecule has 1 aliphatic heterocycles. The number of aromatic nitrogens is 3. The standard InChI is InChI=1S/C14H27N5O2/c1-5-20-13(21-6-2)11-18-7-9-19(10-8-18)14-16-15-12(3)17(14)4/h13H,5-11H2,1-4H3. The fourth-order valence-corrected chi connectivity index (χ4v) is 2.54. The molecule has 0 radical (unpaired) electrons. The van der Waals surface area contributed by atoms with E-state index in [1.165, 1.54) is 0 Å². The van der Waals surface area contributed by atoms with Crippen molar-refractivity contribution in [3.8, 4) is 0 Å². The van der Waals surface area contributed by atoms with Gasteiger partial charge < -0.3 is 18.9 Å². The third kappa shape index (κ3) is 4.15. The summed E-state index contributed by atoms with van der Waals surface area (Å²) in [5, 5.41) is 8.38. The summed E-state index contributed by atoms with van der Waals surface area (Å²) >= 11 is 0. The van der Waals surface area contributed by atoms with Crippen molar-refractivity contribution in [3.63, 3.8) is 0 Å². The maximum atomic E-state index is 5.62. The van der Waals surface area contributed by atoms with Crippen LogP contribution in [0.25, 0.3) is 0 Å². The van der Waals surface area contributed by atoms with E-state index in [1.807, 2.05) is 32.4 Å². The molecule has 0 bridgehead atoms. The molecule has 0 atom stereocenters. The molecule has 1 aromatic rings. The van der Waals surface area contributed by atoms with Gasteiger partial charge in [-0.15, -0.1) is 10.2 Å². The van der Waals surface area contributed by atoms with Crippen LogP contribution in [0.5, 0.6) is 0 Å². The molecule has 120 valence electrons. The maximum absolute atomic E-state index is 5.62. The summed E-state index contributed by atoms with van der Waals surface area (Å²) in [6, 6.07) is 0. The molecule has 0 N–H and O–H groups in total. The van der Waals surface area contributed by atoms with Crippen molar-refractivity contribution in [1.82, 2.24) is 19.7 Å². The molecule has 2 rings (SSSR count). The molecular formula is C14H27N5O2. The minimum Gasteiger partial charge on any atom is -0.352 e. The van der Waals surface area contributed by atoms with E-state index in [1.54, 1.807) is 0 Å². The smallest absolute Gasteiger partial charge is 0.227 e. The maximum Gasteiger partial charge on any atom is 0.227 e. The molecule has 0 amide bonds. The normalized spacial score (nSPS) is 16.9. The van der Waals surface area contributed by atoms with Crippen LogP contribution < -0.4 is 4.90 Å². The van der Waals surface area contributed by atoms with Gasteiger partial charge in [0, 0.05) is 53.0 Å². The minimum absolute atomic E-state index is 0.122. The molecule has 1 fully saturated rings. The Kier molecular flexibility index (Phi) is 5.96.